The van der Waals surface area contributed by atoms with Gasteiger partial charge in [-0.05, 0) is 59.8 Å². The van der Waals surface area contributed by atoms with Crippen LogP contribution >= 0.6 is 0 Å². The van der Waals surface area contributed by atoms with E-state index < -0.39 is 41.7 Å². The van der Waals surface area contributed by atoms with E-state index in [0.29, 0.717) is 17.7 Å². The number of esters is 1. The minimum absolute atomic E-state index is 0.0479. The number of para-hydroxylation sites is 1. The fourth-order valence-corrected chi connectivity index (χ4v) is 7.58. The highest BCUT2D eigenvalue weighted by Gasteiger charge is 2.76. The number of ketones is 1. The molecule has 2 saturated carbocycles. The van der Waals surface area contributed by atoms with Gasteiger partial charge in [-0.1, -0.05) is 45.1 Å². The number of benzene rings is 1. The van der Waals surface area contributed by atoms with Gasteiger partial charge in [-0.25, -0.2) is 4.79 Å². The number of ether oxygens (including phenoxy) is 2. The van der Waals surface area contributed by atoms with Gasteiger partial charge >= 0.3 is 5.97 Å². The second kappa shape index (κ2) is 7.76. The summed E-state index contributed by atoms with van der Waals surface area (Å²) in [6.07, 6.45) is 1.22. The lowest BCUT2D eigenvalue weighted by Crippen LogP contribution is -2.65. The van der Waals surface area contributed by atoms with E-state index in [4.69, 9.17) is 9.47 Å². The molecule has 0 aliphatic heterocycles. The quantitative estimate of drug-likeness (QED) is 0.447. The molecule has 0 unspecified atom stereocenters. The first kappa shape index (κ1) is 24.2. The minimum atomic E-state index is -2.16. The zero-order chi connectivity index (χ0) is 25.5. The van der Waals surface area contributed by atoms with Crippen molar-refractivity contribution < 1.29 is 34.4 Å². The smallest absolute Gasteiger partial charge is 0.342 e. The molecule has 1 aromatic carbocycles. The SMILES string of the molecule is COc1ccccc1C(=O)O[C@H]1C(C)=C[C@@]23C(=O)[C@@H](C=C(CO)[C@@H](O)[C@]12O)[C@H]1[C@@H](C[C@H]3C)C1(C)C. The van der Waals surface area contributed by atoms with Gasteiger partial charge in [0.15, 0.2) is 17.5 Å². The maximum absolute atomic E-state index is 14.3. The predicted octanol–water partition coefficient (Wildman–Crippen LogP) is 2.69. The molecule has 4 aliphatic carbocycles. The first-order chi connectivity index (χ1) is 16.5. The van der Waals surface area contributed by atoms with Crippen molar-refractivity contribution in [3.8, 4) is 5.75 Å². The van der Waals surface area contributed by atoms with Crippen LogP contribution in [0.25, 0.3) is 0 Å². The molecule has 3 N–H and O–H groups in total. The fraction of sp³-hybridized carbons (Fsp3) is 0.571. The van der Waals surface area contributed by atoms with Crippen molar-refractivity contribution in [1.82, 2.24) is 0 Å². The molecule has 0 aromatic heterocycles. The fourth-order valence-electron chi connectivity index (χ4n) is 7.58. The highest BCUT2D eigenvalue weighted by atomic mass is 16.6. The Balaban J connectivity index is 1.63. The Kier molecular flexibility index (Phi) is 5.37. The van der Waals surface area contributed by atoms with Crippen LogP contribution in [0.3, 0.4) is 0 Å². The normalized spacial score (nSPS) is 41.0. The molecule has 188 valence electrons. The van der Waals surface area contributed by atoms with Crippen LogP contribution in [0.2, 0.25) is 0 Å². The molecule has 7 nitrogen and oxygen atoms in total. The summed E-state index contributed by atoms with van der Waals surface area (Å²) >= 11 is 0. The summed E-state index contributed by atoms with van der Waals surface area (Å²) in [5, 5.41) is 34.2. The molecule has 8 atom stereocenters. The highest BCUT2D eigenvalue weighted by Crippen LogP contribution is 2.71. The molecule has 4 aliphatic rings. The third-order valence-corrected chi connectivity index (χ3v) is 9.45. The van der Waals surface area contributed by atoms with Crippen LogP contribution in [0.5, 0.6) is 5.75 Å². The highest BCUT2D eigenvalue weighted by molar-refractivity contribution is 5.96. The van der Waals surface area contributed by atoms with Crippen molar-refractivity contribution in [3.05, 3.63) is 53.1 Å². The molecule has 0 radical (unpaired) electrons. The number of aliphatic hydroxyl groups is 3. The van der Waals surface area contributed by atoms with Crippen molar-refractivity contribution in [2.45, 2.75) is 51.9 Å². The summed E-state index contributed by atoms with van der Waals surface area (Å²) in [6.45, 7) is 7.42. The number of carbonyl (C=O) groups is 2. The van der Waals surface area contributed by atoms with Crippen LogP contribution in [0.15, 0.2) is 47.6 Å². The van der Waals surface area contributed by atoms with E-state index in [-0.39, 0.29) is 40.1 Å². The topological polar surface area (TPSA) is 113 Å². The van der Waals surface area contributed by atoms with E-state index in [1.807, 2.05) is 6.92 Å². The number of methoxy groups -OCH3 is 1. The molecule has 35 heavy (non-hydrogen) atoms. The van der Waals surface area contributed by atoms with Gasteiger partial charge in [0.2, 0.25) is 0 Å². The first-order valence-electron chi connectivity index (χ1n) is 12.3. The molecule has 1 spiro atoms. The lowest BCUT2D eigenvalue weighted by molar-refractivity contribution is -0.190. The lowest BCUT2D eigenvalue weighted by Gasteiger charge is -2.48. The molecule has 1 aromatic rings. The largest absolute Gasteiger partial charge is 0.496 e. The van der Waals surface area contributed by atoms with Crippen LogP contribution in [0.4, 0.5) is 0 Å². The Morgan fingerprint density at radius 2 is 1.91 bits per heavy atom. The van der Waals surface area contributed by atoms with Crippen LogP contribution in [0.1, 0.15) is 44.5 Å². The number of carbonyl (C=O) groups excluding carboxylic acids is 2. The number of Topliss-reactive ketones (excluding diaryl/α,β-unsaturated/α-hetero) is 1. The number of aliphatic hydroxyl groups excluding tert-OH is 2. The van der Waals surface area contributed by atoms with Gasteiger partial charge in [0.05, 0.1) is 19.1 Å². The first-order valence-corrected chi connectivity index (χ1v) is 12.3. The van der Waals surface area contributed by atoms with Crippen molar-refractivity contribution in [2.75, 3.05) is 13.7 Å². The van der Waals surface area contributed by atoms with Gasteiger partial charge in [0.25, 0.3) is 0 Å². The van der Waals surface area contributed by atoms with Gasteiger partial charge in [-0.3, -0.25) is 4.79 Å². The summed E-state index contributed by atoms with van der Waals surface area (Å²) in [5.74, 6) is -1.10. The van der Waals surface area contributed by atoms with Crippen LogP contribution < -0.4 is 4.74 Å². The number of allylic oxidation sites excluding steroid dienone is 1. The summed E-state index contributed by atoms with van der Waals surface area (Å²) in [7, 11) is 1.45. The van der Waals surface area contributed by atoms with Gasteiger partial charge in [-0.15, -0.1) is 0 Å². The summed E-state index contributed by atoms with van der Waals surface area (Å²) in [6, 6.07) is 6.59. The molecule has 0 saturated heterocycles. The predicted molar refractivity (Wildman–Crippen MR) is 128 cm³/mol. The second-order valence-corrected chi connectivity index (χ2v) is 11.4. The Morgan fingerprint density at radius 3 is 2.57 bits per heavy atom. The van der Waals surface area contributed by atoms with Crippen LogP contribution in [-0.4, -0.2) is 58.6 Å². The van der Waals surface area contributed by atoms with Crippen molar-refractivity contribution >= 4 is 11.8 Å². The standard InChI is InChI=1S/C28H34O7/c1-14-12-27-15(2)10-19-21(26(19,3)4)18(23(27)31)11-16(13-29)22(30)28(27,33)24(14)35-25(32)17-8-6-7-9-20(17)34-5/h6-9,11-12,15,18-19,21-22,24,29-30,33H,10,13H2,1-5H3/t15-,18+,19-,21+,22-,24+,27-,28+/m1/s1. The molecule has 2 fully saturated rings. The van der Waals surface area contributed by atoms with Gasteiger partial charge in [0.1, 0.15) is 17.4 Å². The molecule has 0 amide bonds. The number of rotatable bonds is 4. The number of fused-ring (bicyclic) bond motifs is 3. The molecular formula is C28H34O7. The van der Waals surface area contributed by atoms with Crippen LogP contribution in [0, 0.1) is 34.5 Å². The van der Waals surface area contributed by atoms with Crippen molar-refractivity contribution in [3.63, 3.8) is 0 Å². The summed E-state index contributed by atoms with van der Waals surface area (Å²) in [4.78, 5) is 27.6. The van der Waals surface area contributed by atoms with Crippen molar-refractivity contribution in [1.29, 1.82) is 0 Å². The number of hydrogen-bond acceptors (Lipinski definition) is 7. The molecule has 5 rings (SSSR count). The van der Waals surface area contributed by atoms with Gasteiger partial charge in [-0.2, -0.15) is 0 Å². The number of hydrogen-bond donors (Lipinski definition) is 3. The van der Waals surface area contributed by atoms with E-state index in [1.54, 1.807) is 43.3 Å². The maximum Gasteiger partial charge on any atom is 0.342 e. The average Bonchev–Trinajstić information content (AvgIpc) is 3.32. The van der Waals surface area contributed by atoms with Crippen molar-refractivity contribution in [2.24, 2.45) is 34.5 Å². The van der Waals surface area contributed by atoms with E-state index in [2.05, 4.69) is 13.8 Å². The Morgan fingerprint density at radius 1 is 1.23 bits per heavy atom. The molecule has 0 heterocycles. The zero-order valence-electron chi connectivity index (χ0n) is 20.8. The van der Waals surface area contributed by atoms with E-state index in [1.165, 1.54) is 7.11 Å². The minimum Gasteiger partial charge on any atom is -0.496 e. The Bertz CT molecular complexity index is 1150. The van der Waals surface area contributed by atoms with E-state index >= 15 is 0 Å². The third kappa shape index (κ3) is 2.95. The summed E-state index contributed by atoms with van der Waals surface area (Å²) < 4.78 is 11.2. The third-order valence-electron chi connectivity index (χ3n) is 9.45. The van der Waals surface area contributed by atoms with Gasteiger partial charge in [0, 0.05) is 5.92 Å². The zero-order valence-corrected chi connectivity index (χ0v) is 20.8. The second-order valence-electron chi connectivity index (χ2n) is 11.4. The average molecular weight is 483 g/mol. The Labute approximate surface area is 205 Å². The van der Waals surface area contributed by atoms with E-state index in [9.17, 15) is 24.9 Å². The molecule has 2 bridgehead atoms. The summed E-state index contributed by atoms with van der Waals surface area (Å²) in [5.41, 5.74) is -2.80. The molecular weight excluding hydrogens is 448 g/mol. The van der Waals surface area contributed by atoms with Crippen LogP contribution in [-0.2, 0) is 9.53 Å². The van der Waals surface area contributed by atoms with E-state index in [0.717, 1.165) is 0 Å². The Hall–Kier alpha value is -2.48. The van der Waals surface area contributed by atoms with Gasteiger partial charge < -0.3 is 24.8 Å². The maximum atomic E-state index is 14.3. The molecule has 7 heteroatoms. The lowest BCUT2D eigenvalue weighted by atomic mass is 9.59. The monoisotopic (exact) mass is 482 g/mol.